The van der Waals surface area contributed by atoms with Crippen LogP contribution in [0.4, 0.5) is 5.69 Å². The van der Waals surface area contributed by atoms with Gasteiger partial charge in [-0.2, -0.15) is 0 Å². The van der Waals surface area contributed by atoms with Gasteiger partial charge in [-0.1, -0.05) is 24.3 Å². The van der Waals surface area contributed by atoms with E-state index in [9.17, 15) is 4.79 Å². The second-order valence-electron chi connectivity index (χ2n) is 5.85. The Morgan fingerprint density at radius 1 is 1.21 bits per heavy atom. The molecule has 1 aliphatic heterocycles. The molecule has 0 aliphatic carbocycles. The van der Waals surface area contributed by atoms with E-state index in [1.165, 1.54) is 0 Å². The topological polar surface area (TPSA) is 64.8 Å². The van der Waals surface area contributed by atoms with Crippen LogP contribution in [0.15, 0.2) is 48.5 Å². The van der Waals surface area contributed by atoms with Crippen molar-refractivity contribution in [2.75, 3.05) is 25.4 Å². The number of likely N-dealkylation sites (N-methyl/N-ethyl adjacent to an activating group) is 1. The highest BCUT2D eigenvalue weighted by atomic mass is 16.6. The zero-order chi connectivity index (χ0) is 16.9. The van der Waals surface area contributed by atoms with Gasteiger partial charge < -0.3 is 20.1 Å². The number of anilines is 1. The molecule has 24 heavy (non-hydrogen) atoms. The number of rotatable bonds is 5. The Bertz CT molecular complexity index is 717. The van der Waals surface area contributed by atoms with Gasteiger partial charge in [-0.05, 0) is 36.8 Å². The normalized spacial score (nSPS) is 15.8. The zero-order valence-electron chi connectivity index (χ0n) is 13.8. The Hall–Kier alpha value is -2.69. The van der Waals surface area contributed by atoms with Crippen LogP contribution in [0.25, 0.3) is 0 Å². The summed E-state index contributed by atoms with van der Waals surface area (Å²) >= 11 is 0. The number of para-hydroxylation sites is 2. The molecule has 0 unspecified atom stereocenters. The van der Waals surface area contributed by atoms with E-state index in [1.54, 1.807) is 4.90 Å². The highest BCUT2D eigenvalue weighted by molar-refractivity contribution is 5.79. The molecule has 126 valence electrons. The molecule has 5 nitrogen and oxygen atoms in total. The lowest BCUT2D eigenvalue weighted by molar-refractivity contribution is -0.131. The summed E-state index contributed by atoms with van der Waals surface area (Å²) in [5, 5.41) is 0. The lowest BCUT2D eigenvalue weighted by Gasteiger charge is -2.31. The predicted molar refractivity (Wildman–Crippen MR) is 93.2 cm³/mol. The Morgan fingerprint density at radius 3 is 2.75 bits per heavy atom. The van der Waals surface area contributed by atoms with Crippen molar-refractivity contribution in [3.05, 3.63) is 54.1 Å². The summed E-state index contributed by atoms with van der Waals surface area (Å²) in [6.45, 7) is 3.54. The number of carbonyl (C=O) groups excluding carboxylic acids is 1. The number of hydrogen-bond acceptors (Lipinski definition) is 4. The maximum atomic E-state index is 12.6. The highest BCUT2D eigenvalue weighted by Gasteiger charge is 2.24. The van der Waals surface area contributed by atoms with Gasteiger partial charge in [0.1, 0.15) is 6.61 Å². The van der Waals surface area contributed by atoms with E-state index in [0.29, 0.717) is 31.8 Å². The number of nitrogens with zero attached hydrogens (tertiary/aromatic N) is 1. The van der Waals surface area contributed by atoms with Crippen LogP contribution in [0.5, 0.6) is 11.5 Å². The van der Waals surface area contributed by atoms with Gasteiger partial charge in [0.15, 0.2) is 17.6 Å². The first kappa shape index (κ1) is 16.2. The largest absolute Gasteiger partial charge is 0.486 e. The third-order valence-electron chi connectivity index (χ3n) is 4.03. The summed E-state index contributed by atoms with van der Waals surface area (Å²) in [6.07, 6.45) is 0.174. The summed E-state index contributed by atoms with van der Waals surface area (Å²) in [4.78, 5) is 14.4. The fraction of sp³-hybridized carbons (Fsp3) is 0.316. The summed E-state index contributed by atoms with van der Waals surface area (Å²) in [6, 6.07) is 15.0. The number of amides is 1. The standard InChI is InChI=1S/C19H22N2O3/c1-2-21(19(22)11-14-6-5-7-15(20)10-14)12-16-13-23-17-8-3-4-9-18(17)24-16/h3-10,16H,2,11-13,20H2,1H3/t16-/m0/s1. The fourth-order valence-electron chi connectivity index (χ4n) is 2.80. The Morgan fingerprint density at radius 2 is 2.00 bits per heavy atom. The van der Waals surface area contributed by atoms with Crippen LogP contribution >= 0.6 is 0 Å². The van der Waals surface area contributed by atoms with E-state index in [0.717, 1.165) is 17.1 Å². The van der Waals surface area contributed by atoms with Crippen molar-refractivity contribution in [2.24, 2.45) is 0 Å². The Labute approximate surface area is 142 Å². The van der Waals surface area contributed by atoms with Crippen LogP contribution in [0.2, 0.25) is 0 Å². The minimum atomic E-state index is -0.162. The molecule has 0 bridgehead atoms. The first-order valence-corrected chi connectivity index (χ1v) is 8.16. The van der Waals surface area contributed by atoms with Crippen LogP contribution in [0, 0.1) is 0 Å². The van der Waals surface area contributed by atoms with Crippen LogP contribution in [-0.4, -0.2) is 36.6 Å². The molecule has 0 radical (unpaired) electrons. The number of fused-ring (bicyclic) bond motifs is 1. The summed E-state index contributed by atoms with van der Waals surface area (Å²) in [5.74, 6) is 1.54. The Balaban J connectivity index is 1.61. The first-order chi connectivity index (χ1) is 11.7. The number of hydrogen-bond donors (Lipinski definition) is 1. The molecule has 1 amide bonds. The molecule has 1 atom stereocenters. The maximum absolute atomic E-state index is 12.6. The molecule has 5 heteroatoms. The smallest absolute Gasteiger partial charge is 0.227 e. The zero-order valence-corrected chi connectivity index (χ0v) is 13.8. The quantitative estimate of drug-likeness (QED) is 0.858. The summed E-state index contributed by atoms with van der Waals surface area (Å²) in [5.41, 5.74) is 7.37. The number of carbonyl (C=O) groups is 1. The first-order valence-electron chi connectivity index (χ1n) is 8.16. The van der Waals surface area contributed by atoms with E-state index in [4.69, 9.17) is 15.2 Å². The van der Waals surface area contributed by atoms with Gasteiger partial charge in [-0.25, -0.2) is 0 Å². The van der Waals surface area contributed by atoms with Crippen molar-refractivity contribution in [1.29, 1.82) is 0 Å². The van der Waals surface area contributed by atoms with Crippen molar-refractivity contribution in [1.82, 2.24) is 4.90 Å². The molecular weight excluding hydrogens is 304 g/mol. The molecule has 0 saturated carbocycles. The van der Waals surface area contributed by atoms with Gasteiger partial charge in [-0.3, -0.25) is 4.79 Å². The molecular formula is C19H22N2O3. The second kappa shape index (κ2) is 7.25. The summed E-state index contributed by atoms with van der Waals surface area (Å²) < 4.78 is 11.7. The monoisotopic (exact) mass is 326 g/mol. The summed E-state index contributed by atoms with van der Waals surface area (Å²) in [7, 11) is 0. The van der Waals surface area contributed by atoms with Crippen LogP contribution < -0.4 is 15.2 Å². The maximum Gasteiger partial charge on any atom is 0.227 e. The molecule has 1 aliphatic rings. The van der Waals surface area contributed by atoms with Gasteiger partial charge in [0, 0.05) is 12.2 Å². The fourth-order valence-corrected chi connectivity index (χ4v) is 2.80. The van der Waals surface area contributed by atoms with Gasteiger partial charge in [0.25, 0.3) is 0 Å². The van der Waals surface area contributed by atoms with E-state index in [1.807, 2.05) is 55.5 Å². The average molecular weight is 326 g/mol. The Kier molecular flexibility index (Phi) is 4.89. The van der Waals surface area contributed by atoms with Gasteiger partial charge in [0.05, 0.1) is 13.0 Å². The number of nitrogen functional groups attached to an aromatic ring is 1. The SMILES string of the molecule is CCN(C[C@H]1COc2ccccc2O1)C(=O)Cc1cccc(N)c1. The van der Waals surface area contributed by atoms with Gasteiger partial charge >= 0.3 is 0 Å². The van der Waals surface area contributed by atoms with Crippen LogP contribution in [0.3, 0.4) is 0 Å². The number of benzene rings is 2. The minimum absolute atomic E-state index is 0.0607. The number of ether oxygens (including phenoxy) is 2. The van der Waals surface area contributed by atoms with Crippen LogP contribution in [-0.2, 0) is 11.2 Å². The predicted octanol–water partition coefficient (Wildman–Crippen LogP) is 2.50. The van der Waals surface area contributed by atoms with E-state index in [-0.39, 0.29) is 12.0 Å². The molecule has 0 spiro atoms. The molecule has 0 aromatic heterocycles. The molecule has 0 fully saturated rings. The van der Waals surface area contributed by atoms with Crippen molar-refractivity contribution in [3.8, 4) is 11.5 Å². The van der Waals surface area contributed by atoms with Crippen LogP contribution in [0.1, 0.15) is 12.5 Å². The van der Waals surface area contributed by atoms with Crippen molar-refractivity contribution >= 4 is 11.6 Å². The van der Waals surface area contributed by atoms with E-state index in [2.05, 4.69) is 0 Å². The van der Waals surface area contributed by atoms with Crippen molar-refractivity contribution in [2.45, 2.75) is 19.4 Å². The van der Waals surface area contributed by atoms with Crippen molar-refractivity contribution in [3.63, 3.8) is 0 Å². The minimum Gasteiger partial charge on any atom is -0.486 e. The lowest BCUT2D eigenvalue weighted by Crippen LogP contribution is -2.44. The van der Waals surface area contributed by atoms with Crippen molar-refractivity contribution < 1.29 is 14.3 Å². The molecule has 1 heterocycles. The van der Waals surface area contributed by atoms with E-state index >= 15 is 0 Å². The number of nitrogens with two attached hydrogens (primary N) is 1. The van der Waals surface area contributed by atoms with Gasteiger partial charge in [0.2, 0.25) is 5.91 Å². The highest BCUT2D eigenvalue weighted by Crippen LogP contribution is 2.31. The molecule has 2 aromatic carbocycles. The van der Waals surface area contributed by atoms with Gasteiger partial charge in [-0.15, -0.1) is 0 Å². The lowest BCUT2D eigenvalue weighted by atomic mass is 10.1. The molecule has 0 saturated heterocycles. The average Bonchev–Trinajstić information content (AvgIpc) is 2.59. The molecule has 2 N–H and O–H groups in total. The van der Waals surface area contributed by atoms with E-state index < -0.39 is 0 Å². The second-order valence-corrected chi connectivity index (χ2v) is 5.85. The molecule has 3 rings (SSSR count). The molecule has 2 aromatic rings. The third kappa shape index (κ3) is 3.79. The third-order valence-corrected chi connectivity index (χ3v) is 4.03.